The molecule has 3 heteroatoms. The normalized spacial score (nSPS) is 18.1. The van der Waals surface area contributed by atoms with Gasteiger partial charge in [0.15, 0.2) is 0 Å². The Hall–Kier alpha value is -1.22. The van der Waals surface area contributed by atoms with E-state index in [1.807, 2.05) is 6.07 Å². The van der Waals surface area contributed by atoms with E-state index in [-0.39, 0.29) is 11.8 Å². The van der Waals surface area contributed by atoms with Crippen LogP contribution in [0.1, 0.15) is 30.9 Å². The van der Waals surface area contributed by atoms with E-state index in [1.54, 1.807) is 12.1 Å². The Balaban J connectivity index is 2.13. The van der Waals surface area contributed by atoms with Crippen molar-refractivity contribution in [3.05, 3.63) is 23.8 Å². The lowest BCUT2D eigenvalue weighted by molar-refractivity contribution is 0.456. The Bertz CT molecular complexity index is 334. The molecule has 0 aliphatic heterocycles. The summed E-state index contributed by atoms with van der Waals surface area (Å²) in [5.41, 5.74) is 12.9. The van der Waals surface area contributed by atoms with Crippen LogP contribution in [0.25, 0.3) is 0 Å². The molecular formula is C11H16N2O. The van der Waals surface area contributed by atoms with Crippen molar-refractivity contribution in [2.75, 3.05) is 5.73 Å². The summed E-state index contributed by atoms with van der Waals surface area (Å²) in [5.74, 6) is 0.986. The van der Waals surface area contributed by atoms with Gasteiger partial charge in [0, 0.05) is 23.4 Å². The Labute approximate surface area is 83.7 Å². The lowest BCUT2D eigenvalue weighted by Gasteiger charge is -2.13. The van der Waals surface area contributed by atoms with Crippen LogP contribution in [0.4, 0.5) is 5.69 Å². The highest BCUT2D eigenvalue weighted by Crippen LogP contribution is 2.38. The lowest BCUT2D eigenvalue weighted by atomic mass is 10.0. The largest absolute Gasteiger partial charge is 0.508 e. The van der Waals surface area contributed by atoms with Gasteiger partial charge in [-0.25, -0.2) is 0 Å². The molecule has 1 fully saturated rings. The zero-order valence-corrected chi connectivity index (χ0v) is 8.11. The zero-order chi connectivity index (χ0) is 10.1. The molecule has 0 aromatic heterocycles. The zero-order valence-electron chi connectivity index (χ0n) is 8.11. The van der Waals surface area contributed by atoms with E-state index in [9.17, 15) is 5.11 Å². The summed E-state index contributed by atoms with van der Waals surface area (Å²) in [6, 6.07) is 5.10. The third-order valence-corrected chi connectivity index (χ3v) is 2.74. The Kier molecular flexibility index (Phi) is 2.33. The van der Waals surface area contributed by atoms with E-state index in [0.29, 0.717) is 5.69 Å². The number of rotatable bonds is 3. The second kappa shape index (κ2) is 3.50. The van der Waals surface area contributed by atoms with Gasteiger partial charge in [-0.15, -0.1) is 0 Å². The van der Waals surface area contributed by atoms with Crippen molar-refractivity contribution in [3.8, 4) is 5.75 Å². The predicted molar refractivity (Wildman–Crippen MR) is 56.8 cm³/mol. The molecule has 0 saturated heterocycles. The van der Waals surface area contributed by atoms with Crippen molar-refractivity contribution in [2.24, 2.45) is 11.7 Å². The van der Waals surface area contributed by atoms with Gasteiger partial charge in [0.25, 0.3) is 0 Å². The summed E-state index contributed by atoms with van der Waals surface area (Å²) in [4.78, 5) is 0. The van der Waals surface area contributed by atoms with Gasteiger partial charge in [-0.3, -0.25) is 0 Å². The lowest BCUT2D eigenvalue weighted by Crippen LogP contribution is -2.11. The number of hydrogen-bond acceptors (Lipinski definition) is 3. The molecule has 3 nitrogen and oxygen atoms in total. The van der Waals surface area contributed by atoms with Gasteiger partial charge in [0.1, 0.15) is 5.75 Å². The molecule has 2 rings (SSSR count). The molecule has 1 unspecified atom stereocenters. The molecule has 1 aromatic rings. The summed E-state index contributed by atoms with van der Waals surface area (Å²) < 4.78 is 0. The molecule has 1 aromatic carbocycles. The van der Waals surface area contributed by atoms with Crippen molar-refractivity contribution in [1.29, 1.82) is 0 Å². The van der Waals surface area contributed by atoms with Gasteiger partial charge in [-0.2, -0.15) is 0 Å². The first-order valence-electron chi connectivity index (χ1n) is 5.01. The number of phenols is 1. The number of phenolic OH excluding ortho intramolecular Hbond substituents is 1. The van der Waals surface area contributed by atoms with E-state index < -0.39 is 0 Å². The fourth-order valence-electron chi connectivity index (χ4n) is 1.71. The minimum Gasteiger partial charge on any atom is -0.508 e. The fraction of sp³-hybridized carbons (Fsp3) is 0.455. The number of hydrogen-bond donors (Lipinski definition) is 3. The molecule has 0 radical (unpaired) electrons. The van der Waals surface area contributed by atoms with E-state index in [4.69, 9.17) is 11.5 Å². The Morgan fingerprint density at radius 2 is 2.14 bits per heavy atom. The average Bonchev–Trinajstić information content (AvgIpc) is 2.87. The molecule has 0 bridgehead atoms. The van der Waals surface area contributed by atoms with Crippen molar-refractivity contribution in [1.82, 2.24) is 0 Å². The Morgan fingerprint density at radius 3 is 2.71 bits per heavy atom. The monoisotopic (exact) mass is 192 g/mol. The summed E-state index contributed by atoms with van der Waals surface area (Å²) >= 11 is 0. The molecule has 0 heterocycles. The second-order valence-electron chi connectivity index (χ2n) is 4.10. The second-order valence-corrected chi connectivity index (χ2v) is 4.10. The summed E-state index contributed by atoms with van der Waals surface area (Å²) in [6.07, 6.45) is 3.53. The fourth-order valence-corrected chi connectivity index (χ4v) is 1.71. The van der Waals surface area contributed by atoms with Crippen LogP contribution in [-0.2, 0) is 0 Å². The number of aromatic hydroxyl groups is 1. The van der Waals surface area contributed by atoms with Crippen LogP contribution in [0.5, 0.6) is 5.75 Å². The number of nitrogen functional groups attached to an aromatic ring is 1. The van der Waals surface area contributed by atoms with Crippen LogP contribution in [0, 0.1) is 5.92 Å². The molecule has 14 heavy (non-hydrogen) atoms. The minimum atomic E-state index is -0.0527. The van der Waals surface area contributed by atoms with Crippen LogP contribution < -0.4 is 11.5 Å². The predicted octanol–water partition coefficient (Wildman–Crippen LogP) is 1.77. The molecule has 1 aliphatic rings. The molecule has 5 N–H and O–H groups in total. The highest BCUT2D eigenvalue weighted by Gasteiger charge is 2.25. The van der Waals surface area contributed by atoms with Gasteiger partial charge in [0.05, 0.1) is 0 Å². The summed E-state index contributed by atoms with van der Waals surface area (Å²) in [6.45, 7) is 0. The molecule has 1 aliphatic carbocycles. The molecule has 0 amide bonds. The summed E-state index contributed by atoms with van der Waals surface area (Å²) in [7, 11) is 0. The maximum absolute atomic E-state index is 9.64. The SMILES string of the molecule is Nc1ccc(C(N)CC2CC2)c(O)c1. The van der Waals surface area contributed by atoms with Gasteiger partial charge in [-0.05, 0) is 18.4 Å². The van der Waals surface area contributed by atoms with Crippen LogP contribution >= 0.6 is 0 Å². The maximum atomic E-state index is 9.64. The quantitative estimate of drug-likeness (QED) is 0.639. The van der Waals surface area contributed by atoms with E-state index in [1.165, 1.54) is 12.8 Å². The first-order valence-corrected chi connectivity index (χ1v) is 5.01. The Morgan fingerprint density at radius 1 is 1.43 bits per heavy atom. The van der Waals surface area contributed by atoms with Gasteiger partial charge < -0.3 is 16.6 Å². The van der Waals surface area contributed by atoms with Crippen molar-refractivity contribution >= 4 is 5.69 Å². The van der Waals surface area contributed by atoms with E-state index in [2.05, 4.69) is 0 Å². The summed E-state index contributed by atoms with van der Waals surface area (Å²) in [5, 5.41) is 9.64. The first kappa shape index (κ1) is 9.34. The minimum absolute atomic E-state index is 0.0527. The van der Waals surface area contributed by atoms with E-state index in [0.717, 1.165) is 17.9 Å². The molecule has 76 valence electrons. The van der Waals surface area contributed by atoms with Crippen molar-refractivity contribution in [3.63, 3.8) is 0 Å². The topological polar surface area (TPSA) is 72.3 Å². The number of benzene rings is 1. The smallest absolute Gasteiger partial charge is 0.122 e. The van der Waals surface area contributed by atoms with Crippen LogP contribution in [0.15, 0.2) is 18.2 Å². The average molecular weight is 192 g/mol. The van der Waals surface area contributed by atoms with Gasteiger partial charge in [0.2, 0.25) is 0 Å². The highest BCUT2D eigenvalue weighted by molar-refractivity contribution is 5.48. The highest BCUT2D eigenvalue weighted by atomic mass is 16.3. The standard InChI is InChI=1S/C11H16N2O/c12-8-3-4-9(11(14)6-8)10(13)5-7-1-2-7/h3-4,6-7,10,14H,1-2,5,12-13H2. The number of nitrogens with two attached hydrogens (primary N) is 2. The van der Waals surface area contributed by atoms with Gasteiger partial charge in [-0.1, -0.05) is 18.9 Å². The third-order valence-electron chi connectivity index (χ3n) is 2.74. The number of anilines is 1. The van der Waals surface area contributed by atoms with Crippen LogP contribution in [0.2, 0.25) is 0 Å². The van der Waals surface area contributed by atoms with E-state index >= 15 is 0 Å². The first-order chi connectivity index (χ1) is 6.66. The van der Waals surface area contributed by atoms with Crippen LogP contribution in [-0.4, -0.2) is 5.11 Å². The van der Waals surface area contributed by atoms with Crippen molar-refractivity contribution in [2.45, 2.75) is 25.3 Å². The molecule has 1 saturated carbocycles. The molecule has 1 atom stereocenters. The molecule has 0 spiro atoms. The van der Waals surface area contributed by atoms with Crippen LogP contribution in [0.3, 0.4) is 0 Å². The third kappa shape index (κ3) is 1.99. The van der Waals surface area contributed by atoms with Gasteiger partial charge >= 0.3 is 0 Å². The van der Waals surface area contributed by atoms with Crippen molar-refractivity contribution < 1.29 is 5.11 Å². The molecular weight excluding hydrogens is 176 g/mol. The maximum Gasteiger partial charge on any atom is 0.122 e.